The first kappa shape index (κ1) is 20.4. The average molecular weight is 368 g/mol. The van der Waals surface area contributed by atoms with Gasteiger partial charge in [0, 0.05) is 19.0 Å². The molecule has 0 amide bonds. The van der Waals surface area contributed by atoms with Crippen LogP contribution in [0.5, 0.6) is 0 Å². The molecule has 148 valence electrons. The van der Waals surface area contributed by atoms with Crippen LogP contribution >= 0.6 is 0 Å². The van der Waals surface area contributed by atoms with Gasteiger partial charge in [0.1, 0.15) is 5.60 Å². The minimum atomic E-state index is -0.934. The van der Waals surface area contributed by atoms with E-state index in [4.69, 9.17) is 0 Å². The summed E-state index contributed by atoms with van der Waals surface area (Å²) < 4.78 is 0. The van der Waals surface area contributed by atoms with Gasteiger partial charge < -0.3 is 5.11 Å². The second-order valence-corrected chi connectivity index (χ2v) is 11.1. The smallest absolute Gasteiger partial charge is 0.105 e. The molecule has 1 heterocycles. The Labute approximate surface area is 166 Å². The standard InChI is InChI=1S/C25H37NO/c1-22(2,3)25(27,20-12-8-7-9-13-20)14-10-11-15-26-19-24(6)17-21(26)16-23(4,5)18-24/h7-9,12-13,21,27H,14-19H2,1-6H3. The van der Waals surface area contributed by atoms with Crippen molar-refractivity contribution in [1.29, 1.82) is 0 Å². The molecule has 1 aliphatic heterocycles. The molecule has 0 spiro atoms. The van der Waals surface area contributed by atoms with Crippen molar-refractivity contribution in [3.8, 4) is 11.8 Å². The third kappa shape index (κ3) is 4.25. The molecule has 1 N–H and O–H groups in total. The number of fused-ring (bicyclic) bond motifs is 2. The minimum Gasteiger partial charge on any atom is -0.384 e. The number of rotatable bonds is 3. The SMILES string of the molecule is CC1(C)CC2CC(C)(CN2CC#CCC(O)(c2ccccc2)C(C)(C)C)C1. The van der Waals surface area contributed by atoms with E-state index in [9.17, 15) is 5.11 Å². The van der Waals surface area contributed by atoms with Crippen molar-refractivity contribution in [2.45, 2.75) is 78.9 Å². The highest BCUT2D eigenvalue weighted by Gasteiger charge is 2.49. The van der Waals surface area contributed by atoms with E-state index in [0.717, 1.165) is 18.7 Å². The van der Waals surface area contributed by atoms with Crippen LogP contribution in [-0.4, -0.2) is 29.1 Å². The van der Waals surface area contributed by atoms with Gasteiger partial charge in [0.05, 0.1) is 6.54 Å². The monoisotopic (exact) mass is 367 g/mol. The van der Waals surface area contributed by atoms with Gasteiger partial charge in [-0.15, -0.1) is 0 Å². The highest BCUT2D eigenvalue weighted by atomic mass is 16.3. The van der Waals surface area contributed by atoms with E-state index in [1.54, 1.807) is 0 Å². The van der Waals surface area contributed by atoms with Crippen molar-refractivity contribution >= 4 is 0 Å². The normalized spacial score (nSPS) is 29.7. The van der Waals surface area contributed by atoms with Crippen molar-refractivity contribution in [2.75, 3.05) is 13.1 Å². The molecule has 3 unspecified atom stereocenters. The fourth-order valence-electron chi connectivity index (χ4n) is 5.62. The van der Waals surface area contributed by atoms with Crippen LogP contribution in [0.15, 0.2) is 30.3 Å². The maximum atomic E-state index is 11.5. The van der Waals surface area contributed by atoms with Gasteiger partial charge in [0.2, 0.25) is 0 Å². The van der Waals surface area contributed by atoms with E-state index in [0.29, 0.717) is 23.3 Å². The number of hydrogen-bond acceptors (Lipinski definition) is 2. The summed E-state index contributed by atoms with van der Waals surface area (Å²) in [5.74, 6) is 6.73. The molecular formula is C25H37NO. The van der Waals surface area contributed by atoms with Gasteiger partial charge in [-0.2, -0.15) is 0 Å². The first-order chi connectivity index (χ1) is 12.4. The Morgan fingerprint density at radius 2 is 1.74 bits per heavy atom. The molecule has 1 saturated heterocycles. The van der Waals surface area contributed by atoms with E-state index >= 15 is 0 Å². The molecule has 2 aliphatic rings. The molecule has 1 aliphatic carbocycles. The molecule has 27 heavy (non-hydrogen) atoms. The highest BCUT2D eigenvalue weighted by molar-refractivity contribution is 5.27. The first-order valence-corrected chi connectivity index (χ1v) is 10.4. The molecule has 2 heteroatoms. The predicted molar refractivity (Wildman–Crippen MR) is 113 cm³/mol. The van der Waals surface area contributed by atoms with Crippen LogP contribution < -0.4 is 0 Å². The van der Waals surface area contributed by atoms with Crippen molar-refractivity contribution < 1.29 is 5.11 Å². The summed E-state index contributed by atoms with van der Waals surface area (Å²) in [4.78, 5) is 2.58. The summed E-state index contributed by atoms with van der Waals surface area (Å²) in [6.45, 7) is 15.5. The lowest BCUT2D eigenvalue weighted by molar-refractivity contribution is -0.0599. The molecule has 1 saturated carbocycles. The van der Waals surface area contributed by atoms with Gasteiger partial charge >= 0.3 is 0 Å². The summed E-state index contributed by atoms with van der Waals surface area (Å²) in [5, 5.41) is 11.5. The predicted octanol–water partition coefficient (Wildman–Crippen LogP) is 5.21. The number of aliphatic hydroxyl groups is 1. The van der Waals surface area contributed by atoms with Gasteiger partial charge in [0.25, 0.3) is 0 Å². The number of nitrogens with zero attached hydrogens (tertiary/aromatic N) is 1. The van der Waals surface area contributed by atoms with Gasteiger partial charge in [0.15, 0.2) is 0 Å². The van der Waals surface area contributed by atoms with Crippen LogP contribution in [0.4, 0.5) is 0 Å². The number of benzene rings is 1. The topological polar surface area (TPSA) is 23.5 Å². The van der Waals surface area contributed by atoms with Crippen LogP contribution in [-0.2, 0) is 5.60 Å². The maximum Gasteiger partial charge on any atom is 0.105 e. The van der Waals surface area contributed by atoms with Crippen molar-refractivity contribution in [1.82, 2.24) is 4.90 Å². The third-order valence-electron chi connectivity index (χ3n) is 6.77. The summed E-state index contributed by atoms with van der Waals surface area (Å²) in [6.07, 6.45) is 4.38. The van der Waals surface area contributed by atoms with E-state index in [1.807, 2.05) is 30.3 Å². The Hall–Kier alpha value is -1.30. The quantitative estimate of drug-likeness (QED) is 0.741. The zero-order chi connectivity index (χ0) is 19.9. The van der Waals surface area contributed by atoms with Gasteiger partial charge in [-0.05, 0) is 41.1 Å². The molecule has 3 rings (SSSR count). The second kappa shape index (κ2) is 6.94. The molecule has 2 bridgehead atoms. The van der Waals surface area contributed by atoms with Crippen molar-refractivity contribution in [3.63, 3.8) is 0 Å². The zero-order valence-corrected chi connectivity index (χ0v) is 18.1. The lowest BCUT2D eigenvalue weighted by Crippen LogP contribution is -2.39. The van der Waals surface area contributed by atoms with Crippen LogP contribution in [0, 0.1) is 28.1 Å². The largest absolute Gasteiger partial charge is 0.384 e. The van der Waals surface area contributed by atoms with E-state index in [-0.39, 0.29) is 5.41 Å². The summed E-state index contributed by atoms with van der Waals surface area (Å²) in [6, 6.07) is 10.7. The van der Waals surface area contributed by atoms with Crippen LogP contribution in [0.2, 0.25) is 0 Å². The van der Waals surface area contributed by atoms with Crippen LogP contribution in [0.25, 0.3) is 0 Å². The van der Waals surface area contributed by atoms with Gasteiger partial charge in [-0.1, -0.05) is 83.7 Å². The Bertz CT molecular complexity index is 720. The lowest BCUT2D eigenvalue weighted by Gasteiger charge is -2.40. The molecule has 0 radical (unpaired) electrons. The van der Waals surface area contributed by atoms with Crippen LogP contribution in [0.1, 0.15) is 72.8 Å². The number of hydrogen-bond donors (Lipinski definition) is 1. The van der Waals surface area contributed by atoms with Gasteiger partial charge in [-0.3, -0.25) is 4.90 Å². The Kier molecular flexibility index (Phi) is 5.26. The molecule has 0 aromatic heterocycles. The van der Waals surface area contributed by atoms with Crippen molar-refractivity contribution in [2.24, 2.45) is 16.2 Å². The molecule has 2 fully saturated rings. The van der Waals surface area contributed by atoms with Crippen LogP contribution in [0.3, 0.4) is 0 Å². The Morgan fingerprint density at radius 1 is 1.07 bits per heavy atom. The third-order valence-corrected chi connectivity index (χ3v) is 6.77. The molecule has 2 nitrogen and oxygen atoms in total. The van der Waals surface area contributed by atoms with Gasteiger partial charge in [-0.25, -0.2) is 0 Å². The fraction of sp³-hybridized carbons (Fsp3) is 0.680. The van der Waals surface area contributed by atoms with E-state index < -0.39 is 5.60 Å². The zero-order valence-electron chi connectivity index (χ0n) is 18.1. The highest BCUT2D eigenvalue weighted by Crippen LogP contribution is 2.52. The Morgan fingerprint density at radius 3 is 2.37 bits per heavy atom. The lowest BCUT2D eigenvalue weighted by atomic mass is 9.65. The van der Waals surface area contributed by atoms with E-state index in [1.165, 1.54) is 19.3 Å². The Balaban J connectivity index is 1.69. The molecule has 3 atom stereocenters. The fourth-order valence-corrected chi connectivity index (χ4v) is 5.62. The number of likely N-dealkylation sites (tertiary alicyclic amines) is 1. The van der Waals surface area contributed by atoms with E-state index in [2.05, 4.69) is 58.3 Å². The molecule has 1 aromatic rings. The molecule has 1 aromatic carbocycles. The average Bonchev–Trinajstić information content (AvgIpc) is 2.79. The summed E-state index contributed by atoms with van der Waals surface area (Å²) in [5.41, 5.74) is 0.642. The maximum absolute atomic E-state index is 11.5. The molecular weight excluding hydrogens is 330 g/mol. The first-order valence-electron chi connectivity index (χ1n) is 10.4. The minimum absolute atomic E-state index is 0.273. The second-order valence-electron chi connectivity index (χ2n) is 11.1. The summed E-state index contributed by atoms with van der Waals surface area (Å²) >= 11 is 0. The summed E-state index contributed by atoms with van der Waals surface area (Å²) in [7, 11) is 0. The van der Waals surface area contributed by atoms with Crippen molar-refractivity contribution in [3.05, 3.63) is 35.9 Å².